The van der Waals surface area contributed by atoms with Gasteiger partial charge in [-0.25, -0.2) is 0 Å². The molecule has 4 rings (SSSR count). The maximum absolute atomic E-state index is 12.8. The third kappa shape index (κ3) is 3.76. The van der Waals surface area contributed by atoms with Gasteiger partial charge in [0, 0.05) is 32.6 Å². The number of nitrogens with zero attached hydrogens (tertiary/aromatic N) is 3. The van der Waals surface area contributed by atoms with E-state index in [1.165, 1.54) is 4.90 Å². The fraction of sp³-hybridized carbons (Fsp3) is 0.524. The van der Waals surface area contributed by atoms with Crippen LogP contribution in [-0.2, 0) is 14.3 Å². The summed E-state index contributed by atoms with van der Waals surface area (Å²) in [4.78, 5) is 55.0. The maximum atomic E-state index is 12.8. The van der Waals surface area contributed by atoms with Gasteiger partial charge in [-0.15, -0.1) is 0 Å². The van der Waals surface area contributed by atoms with Crippen LogP contribution in [0.3, 0.4) is 0 Å². The second-order valence-electron chi connectivity index (χ2n) is 7.59. The van der Waals surface area contributed by atoms with Crippen molar-refractivity contribution in [3.63, 3.8) is 0 Å². The van der Waals surface area contributed by atoms with E-state index < -0.39 is 6.04 Å². The van der Waals surface area contributed by atoms with Crippen molar-refractivity contribution in [2.24, 2.45) is 0 Å². The number of morpholine rings is 1. The van der Waals surface area contributed by atoms with E-state index in [0.29, 0.717) is 56.8 Å². The van der Waals surface area contributed by atoms with Gasteiger partial charge in [0.15, 0.2) is 0 Å². The van der Waals surface area contributed by atoms with Gasteiger partial charge >= 0.3 is 0 Å². The Morgan fingerprint density at radius 2 is 1.66 bits per heavy atom. The van der Waals surface area contributed by atoms with E-state index >= 15 is 0 Å². The molecule has 1 atom stereocenters. The summed E-state index contributed by atoms with van der Waals surface area (Å²) in [6.07, 6.45) is 2.09. The highest BCUT2D eigenvalue weighted by molar-refractivity contribution is 6.21. The molecule has 0 N–H and O–H groups in total. The van der Waals surface area contributed by atoms with Gasteiger partial charge in [0.1, 0.15) is 6.04 Å². The molecule has 0 aliphatic carbocycles. The van der Waals surface area contributed by atoms with Crippen LogP contribution in [0.25, 0.3) is 0 Å². The lowest BCUT2D eigenvalue weighted by molar-refractivity contribution is -0.146. The summed E-state index contributed by atoms with van der Waals surface area (Å²) in [7, 11) is 0. The number of amides is 4. The highest BCUT2D eigenvalue weighted by Gasteiger charge is 2.37. The van der Waals surface area contributed by atoms with Crippen molar-refractivity contribution >= 4 is 23.6 Å². The molecule has 1 aromatic carbocycles. The number of carbonyl (C=O) groups is 4. The minimum Gasteiger partial charge on any atom is -0.378 e. The van der Waals surface area contributed by atoms with Gasteiger partial charge in [-0.1, -0.05) is 12.1 Å². The van der Waals surface area contributed by atoms with E-state index in [1.807, 2.05) is 0 Å². The monoisotopic (exact) mass is 399 g/mol. The van der Waals surface area contributed by atoms with Gasteiger partial charge in [0.05, 0.1) is 24.3 Å². The van der Waals surface area contributed by atoms with Crippen LogP contribution in [0, 0.1) is 0 Å². The number of hydrogen-bond acceptors (Lipinski definition) is 5. The van der Waals surface area contributed by atoms with Crippen molar-refractivity contribution in [3.05, 3.63) is 35.4 Å². The maximum Gasteiger partial charge on any atom is 0.261 e. The summed E-state index contributed by atoms with van der Waals surface area (Å²) >= 11 is 0. The normalized spacial score (nSPS) is 21.7. The van der Waals surface area contributed by atoms with Crippen LogP contribution in [0.2, 0.25) is 0 Å². The minimum atomic E-state index is -0.403. The number of rotatable bonds is 5. The Morgan fingerprint density at radius 1 is 1.00 bits per heavy atom. The van der Waals surface area contributed by atoms with E-state index in [9.17, 15) is 19.2 Å². The highest BCUT2D eigenvalue weighted by atomic mass is 16.5. The van der Waals surface area contributed by atoms with Crippen LogP contribution in [0.15, 0.2) is 24.3 Å². The molecule has 0 radical (unpaired) electrons. The van der Waals surface area contributed by atoms with E-state index in [0.717, 1.165) is 6.42 Å². The van der Waals surface area contributed by atoms with Gasteiger partial charge in [0.2, 0.25) is 11.8 Å². The lowest BCUT2D eigenvalue weighted by atomic mass is 10.1. The molecule has 3 aliphatic heterocycles. The molecule has 3 heterocycles. The zero-order valence-corrected chi connectivity index (χ0v) is 16.3. The topological polar surface area (TPSA) is 87.2 Å². The van der Waals surface area contributed by atoms with E-state index in [4.69, 9.17) is 4.74 Å². The Bertz CT molecular complexity index is 798. The number of imide groups is 1. The third-order valence-electron chi connectivity index (χ3n) is 5.83. The predicted octanol–water partition coefficient (Wildman–Crippen LogP) is 0.913. The summed E-state index contributed by atoms with van der Waals surface area (Å²) in [5.41, 5.74) is 0.832. The first kappa shape index (κ1) is 19.6. The summed E-state index contributed by atoms with van der Waals surface area (Å²) < 4.78 is 5.30. The van der Waals surface area contributed by atoms with Crippen LogP contribution in [0.1, 0.15) is 46.4 Å². The average Bonchev–Trinajstić information content (AvgIpc) is 3.33. The molecule has 0 spiro atoms. The van der Waals surface area contributed by atoms with Crippen LogP contribution in [0.4, 0.5) is 0 Å². The van der Waals surface area contributed by atoms with Crippen molar-refractivity contribution in [3.8, 4) is 0 Å². The van der Waals surface area contributed by atoms with Crippen LogP contribution in [0.5, 0.6) is 0 Å². The molecule has 8 heteroatoms. The Labute approximate surface area is 169 Å². The van der Waals surface area contributed by atoms with Crippen LogP contribution in [-0.4, -0.2) is 83.8 Å². The zero-order chi connectivity index (χ0) is 20.4. The number of ether oxygens (including phenoxy) is 1. The number of likely N-dealkylation sites (tertiary alicyclic amines) is 1. The van der Waals surface area contributed by atoms with Crippen molar-refractivity contribution in [1.29, 1.82) is 0 Å². The lowest BCUT2D eigenvalue weighted by Gasteiger charge is -2.32. The summed E-state index contributed by atoms with van der Waals surface area (Å²) in [5.74, 6) is -0.704. The minimum absolute atomic E-state index is 0.000465. The second-order valence-corrected chi connectivity index (χ2v) is 7.59. The van der Waals surface area contributed by atoms with Crippen molar-refractivity contribution in [1.82, 2.24) is 14.7 Å². The van der Waals surface area contributed by atoms with Crippen LogP contribution < -0.4 is 0 Å². The van der Waals surface area contributed by atoms with E-state index in [1.54, 1.807) is 34.1 Å². The molecular formula is C21H25N3O5. The van der Waals surface area contributed by atoms with Gasteiger partial charge in [-0.2, -0.15) is 0 Å². The Balaban J connectivity index is 1.31. The standard InChI is InChI=1S/C21H25N3O5/c25-18(23-9-3-7-17(23)21(28)22-11-13-29-14-12-22)8-4-10-24-19(26)15-5-1-2-6-16(15)20(24)27/h1-2,5-6,17H,3-4,7-14H2/t17-/m0/s1. The van der Waals surface area contributed by atoms with Crippen molar-refractivity contribution in [2.75, 3.05) is 39.4 Å². The van der Waals surface area contributed by atoms with Gasteiger partial charge in [-0.05, 0) is 31.4 Å². The summed E-state index contributed by atoms with van der Waals surface area (Å²) in [6.45, 7) is 2.98. The lowest BCUT2D eigenvalue weighted by Crippen LogP contribution is -2.51. The highest BCUT2D eigenvalue weighted by Crippen LogP contribution is 2.24. The van der Waals surface area contributed by atoms with Gasteiger partial charge in [0.25, 0.3) is 11.8 Å². The second kappa shape index (κ2) is 8.32. The smallest absolute Gasteiger partial charge is 0.261 e. The summed E-state index contributed by atoms with van der Waals surface area (Å²) in [5, 5.41) is 0. The molecule has 8 nitrogen and oxygen atoms in total. The molecule has 0 aromatic heterocycles. The quantitative estimate of drug-likeness (QED) is 0.687. The Hall–Kier alpha value is -2.74. The number of benzene rings is 1. The molecule has 2 fully saturated rings. The molecule has 29 heavy (non-hydrogen) atoms. The first-order valence-corrected chi connectivity index (χ1v) is 10.2. The average molecular weight is 399 g/mol. The fourth-order valence-corrected chi connectivity index (χ4v) is 4.29. The number of carbonyl (C=O) groups excluding carboxylic acids is 4. The number of fused-ring (bicyclic) bond motifs is 1. The van der Waals surface area contributed by atoms with E-state index in [-0.39, 0.29) is 36.6 Å². The molecular weight excluding hydrogens is 374 g/mol. The van der Waals surface area contributed by atoms with E-state index in [2.05, 4.69) is 0 Å². The summed E-state index contributed by atoms with van der Waals surface area (Å²) in [6, 6.07) is 6.35. The molecule has 0 unspecified atom stereocenters. The molecule has 3 aliphatic rings. The molecule has 154 valence electrons. The molecule has 0 bridgehead atoms. The molecule has 0 saturated carbocycles. The largest absolute Gasteiger partial charge is 0.378 e. The Morgan fingerprint density at radius 3 is 2.31 bits per heavy atom. The van der Waals surface area contributed by atoms with Crippen molar-refractivity contribution < 1.29 is 23.9 Å². The fourth-order valence-electron chi connectivity index (χ4n) is 4.29. The molecule has 1 aromatic rings. The van der Waals surface area contributed by atoms with Gasteiger partial charge < -0.3 is 14.5 Å². The number of hydrogen-bond donors (Lipinski definition) is 0. The van der Waals surface area contributed by atoms with Crippen LogP contribution >= 0.6 is 0 Å². The molecule has 2 saturated heterocycles. The zero-order valence-electron chi connectivity index (χ0n) is 16.3. The van der Waals surface area contributed by atoms with Gasteiger partial charge in [-0.3, -0.25) is 24.1 Å². The van der Waals surface area contributed by atoms with Crippen molar-refractivity contribution in [2.45, 2.75) is 31.7 Å². The Kier molecular flexibility index (Phi) is 5.62. The predicted molar refractivity (Wildman–Crippen MR) is 103 cm³/mol. The first-order valence-electron chi connectivity index (χ1n) is 10.2. The molecule has 4 amide bonds. The SMILES string of the molecule is O=C([C@@H]1CCCN1C(=O)CCCN1C(=O)c2ccccc2C1=O)N1CCOCC1. The first-order chi connectivity index (χ1) is 14.1. The third-order valence-corrected chi connectivity index (χ3v) is 5.83.